The molecule has 0 unspecified atom stereocenters. The van der Waals surface area contributed by atoms with Gasteiger partial charge in [0.05, 0.1) is 24.7 Å². The van der Waals surface area contributed by atoms with Crippen LogP contribution < -0.4 is 5.32 Å². The Morgan fingerprint density at radius 3 is 2.89 bits per heavy atom. The van der Waals surface area contributed by atoms with Crippen LogP contribution >= 0.6 is 0 Å². The second-order valence-electron chi connectivity index (χ2n) is 5.54. The van der Waals surface area contributed by atoms with Gasteiger partial charge in [-0.1, -0.05) is 12.8 Å². The first-order valence-corrected chi connectivity index (χ1v) is 7.26. The zero-order chi connectivity index (χ0) is 12.2. The Kier molecular flexibility index (Phi) is 3.96. The van der Waals surface area contributed by atoms with Crippen molar-refractivity contribution in [2.45, 2.75) is 63.8 Å². The van der Waals surface area contributed by atoms with Crippen molar-refractivity contribution < 1.29 is 4.74 Å². The van der Waals surface area contributed by atoms with Crippen molar-refractivity contribution in [1.29, 1.82) is 0 Å². The number of nitrogens with zero attached hydrogens (tertiary/aromatic N) is 2. The number of rotatable bonds is 7. The zero-order valence-electron chi connectivity index (χ0n) is 11.0. The third-order valence-corrected chi connectivity index (χ3v) is 3.84. The van der Waals surface area contributed by atoms with Crippen LogP contribution in [0.25, 0.3) is 0 Å². The van der Waals surface area contributed by atoms with Gasteiger partial charge >= 0.3 is 0 Å². The average Bonchev–Trinajstić information content (AvgIpc) is 2.89. The number of nitrogens with one attached hydrogen (secondary N) is 1. The lowest BCUT2D eigenvalue weighted by molar-refractivity contribution is 0.0529. The minimum absolute atomic E-state index is 0.518. The summed E-state index contributed by atoms with van der Waals surface area (Å²) in [4.78, 5) is 4.41. The Bertz CT molecular complexity index is 367. The first kappa shape index (κ1) is 12.2. The summed E-state index contributed by atoms with van der Waals surface area (Å²) in [6, 6.07) is 0.751. The Morgan fingerprint density at radius 1 is 1.28 bits per heavy atom. The van der Waals surface area contributed by atoms with E-state index in [-0.39, 0.29) is 0 Å². The Morgan fingerprint density at radius 2 is 2.11 bits per heavy atom. The van der Waals surface area contributed by atoms with Crippen molar-refractivity contribution in [3.63, 3.8) is 0 Å². The number of aromatic nitrogens is 2. The van der Waals surface area contributed by atoms with Gasteiger partial charge in [0.15, 0.2) is 0 Å². The van der Waals surface area contributed by atoms with Crippen molar-refractivity contribution in [3.8, 4) is 0 Å². The monoisotopic (exact) mass is 249 g/mol. The van der Waals surface area contributed by atoms with Gasteiger partial charge < -0.3 is 14.6 Å². The summed E-state index contributed by atoms with van der Waals surface area (Å²) in [5.41, 5.74) is 1.14. The molecule has 0 aromatic carbocycles. The Balaban J connectivity index is 1.36. The highest BCUT2D eigenvalue weighted by atomic mass is 16.5. The predicted octanol–water partition coefficient (Wildman–Crippen LogP) is 2.09. The molecule has 1 heterocycles. The van der Waals surface area contributed by atoms with Gasteiger partial charge in [-0.05, 0) is 25.7 Å². The highest BCUT2D eigenvalue weighted by Gasteiger charge is 2.20. The van der Waals surface area contributed by atoms with E-state index in [1.165, 1.54) is 38.5 Å². The summed E-state index contributed by atoms with van der Waals surface area (Å²) in [5, 5.41) is 3.48. The van der Waals surface area contributed by atoms with Crippen molar-refractivity contribution >= 4 is 0 Å². The molecule has 1 aromatic rings. The van der Waals surface area contributed by atoms with Crippen molar-refractivity contribution in [1.82, 2.24) is 14.9 Å². The van der Waals surface area contributed by atoms with Gasteiger partial charge in [-0.3, -0.25) is 0 Å². The van der Waals surface area contributed by atoms with Crippen LogP contribution in [-0.2, 0) is 17.8 Å². The van der Waals surface area contributed by atoms with Gasteiger partial charge in [0, 0.05) is 25.3 Å². The molecule has 0 aliphatic heterocycles. The zero-order valence-corrected chi connectivity index (χ0v) is 11.0. The summed E-state index contributed by atoms with van der Waals surface area (Å²) < 4.78 is 8.00. The predicted molar refractivity (Wildman–Crippen MR) is 70.3 cm³/mol. The maximum absolute atomic E-state index is 5.86. The second-order valence-corrected chi connectivity index (χ2v) is 5.54. The number of hydrogen-bond acceptors (Lipinski definition) is 3. The molecule has 0 saturated heterocycles. The smallest absolute Gasteiger partial charge is 0.0950 e. The molecule has 2 aliphatic carbocycles. The van der Waals surface area contributed by atoms with E-state index in [0.717, 1.165) is 31.4 Å². The fourth-order valence-electron chi connectivity index (χ4n) is 2.54. The molecular formula is C14H23N3O. The average molecular weight is 249 g/mol. The van der Waals surface area contributed by atoms with E-state index in [4.69, 9.17) is 4.74 Å². The van der Waals surface area contributed by atoms with Gasteiger partial charge in [0.1, 0.15) is 0 Å². The molecule has 0 spiro atoms. The van der Waals surface area contributed by atoms with Crippen LogP contribution in [0.3, 0.4) is 0 Å². The number of imidazole rings is 1. The summed E-state index contributed by atoms with van der Waals surface area (Å²) in [6.07, 6.45) is 12.4. The van der Waals surface area contributed by atoms with E-state index in [1.807, 2.05) is 6.33 Å². The summed E-state index contributed by atoms with van der Waals surface area (Å²) >= 11 is 0. The van der Waals surface area contributed by atoms with Crippen molar-refractivity contribution in [3.05, 3.63) is 18.2 Å². The van der Waals surface area contributed by atoms with E-state index in [0.29, 0.717) is 6.10 Å². The van der Waals surface area contributed by atoms with Crippen LogP contribution in [0.4, 0.5) is 0 Å². The number of ether oxygens (including phenoxy) is 1. The van der Waals surface area contributed by atoms with Crippen LogP contribution in [0, 0.1) is 0 Å². The first-order valence-electron chi connectivity index (χ1n) is 7.26. The van der Waals surface area contributed by atoms with E-state index in [2.05, 4.69) is 21.1 Å². The van der Waals surface area contributed by atoms with Gasteiger partial charge in [0.2, 0.25) is 0 Å². The molecule has 4 heteroatoms. The molecule has 1 N–H and O–H groups in total. The number of hydrogen-bond donors (Lipinski definition) is 1. The van der Waals surface area contributed by atoms with Crippen LogP contribution in [-0.4, -0.2) is 28.3 Å². The topological polar surface area (TPSA) is 39.1 Å². The normalized spacial score (nSPS) is 20.7. The molecule has 2 saturated carbocycles. The first-order chi connectivity index (χ1) is 8.90. The highest BCUT2D eigenvalue weighted by molar-refractivity contribution is 4.97. The standard InChI is InChI=1S/C14H23N3O/c1-2-4-14(3-1)18-8-7-17-10-13(16-11-17)9-15-12-5-6-12/h10-12,14-15H,1-9H2. The highest BCUT2D eigenvalue weighted by Crippen LogP contribution is 2.21. The van der Waals surface area contributed by atoms with Gasteiger partial charge in [-0.25, -0.2) is 4.98 Å². The van der Waals surface area contributed by atoms with Crippen molar-refractivity contribution in [2.24, 2.45) is 0 Å². The lowest BCUT2D eigenvalue weighted by atomic mass is 10.3. The second kappa shape index (κ2) is 5.85. The van der Waals surface area contributed by atoms with Gasteiger partial charge in [-0.2, -0.15) is 0 Å². The molecule has 1 aromatic heterocycles. The molecule has 0 bridgehead atoms. The molecule has 18 heavy (non-hydrogen) atoms. The van der Waals surface area contributed by atoms with E-state index in [9.17, 15) is 0 Å². The summed E-state index contributed by atoms with van der Waals surface area (Å²) in [7, 11) is 0. The van der Waals surface area contributed by atoms with E-state index < -0.39 is 0 Å². The Hall–Kier alpha value is -0.870. The molecule has 3 rings (SSSR count). The maximum atomic E-state index is 5.86. The molecule has 0 atom stereocenters. The van der Waals surface area contributed by atoms with Crippen LogP contribution in [0.5, 0.6) is 0 Å². The lowest BCUT2D eigenvalue weighted by Crippen LogP contribution is -2.15. The lowest BCUT2D eigenvalue weighted by Gasteiger charge is -2.10. The van der Waals surface area contributed by atoms with Crippen molar-refractivity contribution in [2.75, 3.05) is 6.61 Å². The third kappa shape index (κ3) is 3.56. The maximum Gasteiger partial charge on any atom is 0.0950 e. The fraction of sp³-hybridized carbons (Fsp3) is 0.786. The van der Waals surface area contributed by atoms with Crippen LogP contribution in [0.15, 0.2) is 12.5 Å². The van der Waals surface area contributed by atoms with Gasteiger partial charge in [-0.15, -0.1) is 0 Å². The Labute approximate surface area is 109 Å². The minimum Gasteiger partial charge on any atom is -0.376 e. The summed E-state index contributed by atoms with van der Waals surface area (Å²) in [6.45, 7) is 2.64. The quantitative estimate of drug-likeness (QED) is 0.804. The molecule has 100 valence electrons. The summed E-state index contributed by atoms with van der Waals surface area (Å²) in [5.74, 6) is 0. The largest absolute Gasteiger partial charge is 0.376 e. The van der Waals surface area contributed by atoms with Crippen LogP contribution in [0.1, 0.15) is 44.2 Å². The fourth-order valence-corrected chi connectivity index (χ4v) is 2.54. The molecule has 0 radical (unpaired) electrons. The van der Waals surface area contributed by atoms with E-state index in [1.54, 1.807) is 0 Å². The SMILES string of the molecule is c1nc(CNC2CC2)cn1CCOC1CCCC1. The molecule has 2 fully saturated rings. The molecule has 2 aliphatic rings. The third-order valence-electron chi connectivity index (χ3n) is 3.84. The van der Waals surface area contributed by atoms with Crippen LogP contribution in [0.2, 0.25) is 0 Å². The molecule has 4 nitrogen and oxygen atoms in total. The molecule has 0 amide bonds. The minimum atomic E-state index is 0.518. The van der Waals surface area contributed by atoms with E-state index >= 15 is 0 Å². The van der Waals surface area contributed by atoms with Gasteiger partial charge in [0.25, 0.3) is 0 Å². The molecular weight excluding hydrogens is 226 g/mol.